The molecule has 0 saturated carbocycles. The number of fused-ring (bicyclic) bond motifs is 2. The van der Waals surface area contributed by atoms with Gasteiger partial charge in [0.05, 0.1) is 12.1 Å². The van der Waals surface area contributed by atoms with Crippen LogP contribution in [0.15, 0.2) is 42.6 Å². The standard InChI is InChI=1S/C28H30FN4O8P/c1-17(27(36)37)41-42(39)14-13-31-9-11-32(12-10-31)28(38)40-25-20-3-2-8-30-23(20)24(34)22-21(25)16-33(26(22)35)15-18-4-6-19(29)7-5-18/h2-8,17,34,39H,9-16H2,1H3,(H,36,37). The zero-order valence-corrected chi connectivity index (χ0v) is 23.7. The number of benzene rings is 2. The SMILES string of the molecule is CC(OP(O)CCN1CCN(C(=O)Oc2c3c(c(O)c4ncccc24)C(=O)N(Cc2ccc(F)cc2)C3)CC1)C(=O)O. The summed E-state index contributed by atoms with van der Waals surface area (Å²) in [5.41, 5.74) is 1.24. The lowest BCUT2D eigenvalue weighted by atomic mass is 10.0. The summed E-state index contributed by atoms with van der Waals surface area (Å²) in [7, 11) is -1.88. The van der Waals surface area contributed by atoms with Crippen LogP contribution in [-0.4, -0.2) is 97.7 Å². The lowest BCUT2D eigenvalue weighted by Crippen LogP contribution is -2.50. The Balaban J connectivity index is 1.28. The van der Waals surface area contributed by atoms with Gasteiger partial charge in [-0.25, -0.2) is 14.0 Å². The molecule has 0 radical (unpaired) electrons. The highest BCUT2D eigenvalue weighted by molar-refractivity contribution is 7.46. The van der Waals surface area contributed by atoms with Gasteiger partial charge < -0.3 is 34.2 Å². The molecule has 42 heavy (non-hydrogen) atoms. The van der Waals surface area contributed by atoms with Gasteiger partial charge in [0, 0.05) is 62.6 Å². The van der Waals surface area contributed by atoms with Crippen LogP contribution in [-0.2, 0) is 22.4 Å². The Kier molecular flexibility index (Phi) is 8.83. The molecule has 2 aliphatic heterocycles. The van der Waals surface area contributed by atoms with Crippen molar-refractivity contribution in [3.63, 3.8) is 0 Å². The number of carboxylic acid groups (broad SMARTS) is 1. The van der Waals surface area contributed by atoms with Crippen LogP contribution in [0.3, 0.4) is 0 Å². The van der Waals surface area contributed by atoms with Crippen LogP contribution < -0.4 is 4.74 Å². The summed E-state index contributed by atoms with van der Waals surface area (Å²) in [4.78, 5) is 56.9. The Morgan fingerprint density at radius 2 is 1.86 bits per heavy atom. The van der Waals surface area contributed by atoms with Gasteiger partial charge in [-0.3, -0.25) is 14.7 Å². The quantitative estimate of drug-likeness (QED) is 0.312. The average Bonchev–Trinajstić information content (AvgIpc) is 3.31. The molecule has 2 atom stereocenters. The van der Waals surface area contributed by atoms with Crippen LogP contribution in [0.2, 0.25) is 0 Å². The largest absolute Gasteiger partial charge is 0.505 e. The van der Waals surface area contributed by atoms with Crippen LogP contribution in [0.1, 0.15) is 28.4 Å². The number of halogens is 1. The van der Waals surface area contributed by atoms with Crippen LogP contribution >= 0.6 is 8.38 Å². The second-order valence-corrected chi connectivity index (χ2v) is 11.4. The van der Waals surface area contributed by atoms with Gasteiger partial charge in [0.25, 0.3) is 5.91 Å². The number of nitrogens with zero attached hydrogens (tertiary/aromatic N) is 4. The van der Waals surface area contributed by atoms with Gasteiger partial charge in [-0.2, -0.15) is 0 Å². The third-order valence-electron chi connectivity index (χ3n) is 7.28. The fraction of sp³-hybridized carbons (Fsp3) is 0.357. The highest BCUT2D eigenvalue weighted by Crippen LogP contribution is 2.44. The van der Waals surface area contributed by atoms with E-state index in [1.807, 2.05) is 4.90 Å². The predicted octanol–water partition coefficient (Wildman–Crippen LogP) is 3.15. The maximum Gasteiger partial charge on any atom is 0.415 e. The molecular formula is C28H30FN4O8P. The molecule has 14 heteroatoms. The molecule has 1 fully saturated rings. The maximum atomic E-state index is 13.4. The third-order valence-corrected chi connectivity index (χ3v) is 8.42. The zero-order chi connectivity index (χ0) is 30.0. The Morgan fingerprint density at radius 3 is 2.55 bits per heavy atom. The average molecular weight is 601 g/mol. The number of amides is 2. The van der Waals surface area contributed by atoms with Crippen LogP contribution in [0, 0.1) is 5.82 Å². The summed E-state index contributed by atoms with van der Waals surface area (Å²) >= 11 is 0. The van der Waals surface area contributed by atoms with Crippen molar-refractivity contribution in [3.05, 3.63) is 65.1 Å². The van der Waals surface area contributed by atoms with E-state index in [0.717, 1.165) is 0 Å². The first kappa shape index (κ1) is 29.6. The van der Waals surface area contributed by atoms with Crippen molar-refractivity contribution in [1.82, 2.24) is 19.7 Å². The van der Waals surface area contributed by atoms with Gasteiger partial charge in [-0.1, -0.05) is 12.1 Å². The van der Waals surface area contributed by atoms with E-state index in [4.69, 9.17) is 14.4 Å². The molecule has 1 saturated heterocycles. The lowest BCUT2D eigenvalue weighted by Gasteiger charge is -2.34. The summed E-state index contributed by atoms with van der Waals surface area (Å²) in [6, 6.07) is 9.08. The summed E-state index contributed by atoms with van der Waals surface area (Å²) in [5, 5.41) is 20.3. The van der Waals surface area contributed by atoms with E-state index in [9.17, 15) is 28.8 Å². The number of rotatable bonds is 9. The van der Waals surface area contributed by atoms with E-state index in [2.05, 4.69) is 4.98 Å². The molecule has 12 nitrogen and oxygen atoms in total. The van der Waals surface area contributed by atoms with Crippen molar-refractivity contribution in [3.8, 4) is 11.5 Å². The van der Waals surface area contributed by atoms with Gasteiger partial charge in [0.2, 0.25) is 0 Å². The molecule has 2 aliphatic rings. The predicted molar refractivity (Wildman–Crippen MR) is 150 cm³/mol. The highest BCUT2D eigenvalue weighted by atomic mass is 31.2. The monoisotopic (exact) mass is 600 g/mol. The fourth-order valence-electron chi connectivity index (χ4n) is 4.98. The van der Waals surface area contributed by atoms with E-state index in [-0.39, 0.29) is 41.8 Å². The molecule has 1 aromatic heterocycles. The number of phenolic OH excluding ortho intramolecular Hbond substituents is 1. The number of ether oxygens (including phenoxy) is 1. The van der Waals surface area contributed by atoms with Crippen molar-refractivity contribution in [1.29, 1.82) is 0 Å². The number of aromatic hydroxyl groups is 1. The molecule has 0 spiro atoms. The van der Waals surface area contributed by atoms with Gasteiger partial charge >= 0.3 is 12.1 Å². The minimum atomic E-state index is -1.88. The Labute approximate surface area is 241 Å². The normalized spacial score (nSPS) is 16.9. The summed E-state index contributed by atoms with van der Waals surface area (Å²) in [6.45, 7) is 3.79. The van der Waals surface area contributed by atoms with Crippen LogP contribution in [0.5, 0.6) is 11.5 Å². The Bertz CT molecular complexity index is 1500. The van der Waals surface area contributed by atoms with E-state index < -0.39 is 38.3 Å². The highest BCUT2D eigenvalue weighted by Gasteiger charge is 2.37. The van der Waals surface area contributed by atoms with Crippen molar-refractivity contribution in [2.75, 3.05) is 38.9 Å². The topological polar surface area (TPSA) is 153 Å². The zero-order valence-electron chi connectivity index (χ0n) is 22.8. The number of piperazine rings is 1. The van der Waals surface area contributed by atoms with Gasteiger partial charge in [0.15, 0.2) is 20.2 Å². The fourth-order valence-corrected chi connectivity index (χ4v) is 6.00. The van der Waals surface area contributed by atoms with E-state index >= 15 is 0 Å². The third kappa shape index (κ3) is 6.29. The summed E-state index contributed by atoms with van der Waals surface area (Å²) in [5.74, 6) is -2.11. The van der Waals surface area contributed by atoms with Gasteiger partial charge in [0.1, 0.15) is 17.1 Å². The van der Waals surface area contributed by atoms with Crippen LogP contribution in [0.25, 0.3) is 10.9 Å². The van der Waals surface area contributed by atoms with Crippen LogP contribution in [0.4, 0.5) is 9.18 Å². The number of phenols is 1. The second kappa shape index (κ2) is 12.5. The number of aliphatic carboxylic acids is 1. The van der Waals surface area contributed by atoms with E-state index in [1.54, 1.807) is 24.3 Å². The molecular weight excluding hydrogens is 570 g/mol. The minimum absolute atomic E-state index is 0.0240. The number of hydrogen-bond donors (Lipinski definition) is 3. The first-order valence-corrected chi connectivity index (χ1v) is 14.7. The summed E-state index contributed by atoms with van der Waals surface area (Å²) < 4.78 is 24.4. The maximum absolute atomic E-state index is 13.4. The second-order valence-electron chi connectivity index (χ2n) is 10.1. The number of carbonyl (C=O) groups excluding carboxylic acids is 2. The number of aromatic nitrogens is 1. The molecule has 5 rings (SSSR count). The molecule has 2 aromatic carbocycles. The Hall–Kier alpha value is -3.90. The van der Waals surface area contributed by atoms with E-state index in [1.165, 1.54) is 35.1 Å². The number of carboxylic acids is 1. The molecule has 0 bridgehead atoms. The minimum Gasteiger partial charge on any atom is -0.505 e. The molecule has 2 amide bonds. The lowest BCUT2D eigenvalue weighted by molar-refractivity contribution is -0.144. The number of hydrogen-bond acceptors (Lipinski definition) is 9. The first-order valence-electron chi connectivity index (χ1n) is 13.3. The van der Waals surface area contributed by atoms with Crippen molar-refractivity contribution in [2.45, 2.75) is 26.1 Å². The van der Waals surface area contributed by atoms with Crippen molar-refractivity contribution < 1.29 is 43.1 Å². The van der Waals surface area contributed by atoms with Gasteiger partial charge in [-0.05, 0) is 36.8 Å². The molecule has 3 heterocycles. The smallest absolute Gasteiger partial charge is 0.415 e. The molecule has 0 aliphatic carbocycles. The molecule has 2 unspecified atom stereocenters. The summed E-state index contributed by atoms with van der Waals surface area (Å²) in [6.07, 6.45) is 0.0461. The number of pyridine rings is 1. The first-order chi connectivity index (χ1) is 20.1. The van der Waals surface area contributed by atoms with Gasteiger partial charge in [-0.15, -0.1) is 0 Å². The molecule has 3 N–H and O–H groups in total. The Morgan fingerprint density at radius 1 is 1.14 bits per heavy atom. The molecule has 3 aromatic rings. The van der Waals surface area contributed by atoms with Crippen molar-refractivity contribution in [2.24, 2.45) is 0 Å². The molecule has 222 valence electrons. The number of carbonyl (C=O) groups is 3. The van der Waals surface area contributed by atoms with Crippen molar-refractivity contribution >= 4 is 37.2 Å². The van der Waals surface area contributed by atoms with E-state index in [0.29, 0.717) is 49.2 Å².